The summed E-state index contributed by atoms with van der Waals surface area (Å²) < 4.78 is 25.5. The fraction of sp³-hybridized carbons (Fsp3) is 0.250. The highest BCUT2D eigenvalue weighted by Gasteiger charge is 2.22. The van der Waals surface area contributed by atoms with Gasteiger partial charge in [-0.2, -0.15) is 0 Å². The third-order valence-electron chi connectivity index (χ3n) is 3.46. The lowest BCUT2D eigenvalue weighted by Crippen LogP contribution is -2.07. The van der Waals surface area contributed by atoms with E-state index in [2.05, 4.69) is 0 Å². The zero-order valence-corrected chi connectivity index (χ0v) is 12.5. The van der Waals surface area contributed by atoms with Crippen molar-refractivity contribution < 1.29 is 8.42 Å². The summed E-state index contributed by atoms with van der Waals surface area (Å²) in [4.78, 5) is 0.797. The predicted molar refractivity (Wildman–Crippen MR) is 77.3 cm³/mol. The van der Waals surface area contributed by atoms with Crippen LogP contribution in [0.2, 0.25) is 0 Å². The average molecular weight is 274 g/mol. The molecule has 0 unspecified atom stereocenters. The van der Waals surface area contributed by atoms with Gasteiger partial charge in [-0.05, 0) is 56.5 Å². The topological polar surface area (TPSA) is 34.1 Å². The molecule has 2 aromatic rings. The van der Waals surface area contributed by atoms with E-state index in [9.17, 15) is 8.42 Å². The molecule has 0 atom stereocenters. The minimum absolute atomic E-state index is 0.395. The minimum atomic E-state index is -3.44. The Morgan fingerprint density at radius 2 is 1.47 bits per heavy atom. The Balaban J connectivity index is 2.69. The van der Waals surface area contributed by atoms with Gasteiger partial charge in [0, 0.05) is 0 Å². The summed E-state index contributed by atoms with van der Waals surface area (Å²) >= 11 is 0. The Morgan fingerprint density at radius 1 is 0.789 bits per heavy atom. The molecule has 0 aliphatic rings. The van der Waals surface area contributed by atoms with Crippen LogP contribution in [0.15, 0.2) is 46.2 Å². The molecule has 0 aliphatic heterocycles. The first-order chi connectivity index (χ1) is 8.84. The monoisotopic (exact) mass is 274 g/mol. The molecule has 0 amide bonds. The van der Waals surface area contributed by atoms with Crippen molar-refractivity contribution in [1.29, 1.82) is 0 Å². The maximum Gasteiger partial charge on any atom is 0.207 e. The second kappa shape index (κ2) is 4.82. The van der Waals surface area contributed by atoms with Gasteiger partial charge in [-0.3, -0.25) is 0 Å². The van der Waals surface area contributed by atoms with Gasteiger partial charge in [0.25, 0.3) is 0 Å². The first-order valence-corrected chi connectivity index (χ1v) is 7.71. The van der Waals surface area contributed by atoms with Crippen molar-refractivity contribution in [3.63, 3.8) is 0 Å². The molecule has 0 saturated heterocycles. The molecule has 0 fully saturated rings. The van der Waals surface area contributed by atoms with E-state index in [-0.39, 0.29) is 0 Å². The number of sulfone groups is 1. The second-order valence-corrected chi connectivity index (χ2v) is 6.86. The van der Waals surface area contributed by atoms with Crippen LogP contribution in [0.4, 0.5) is 0 Å². The van der Waals surface area contributed by atoms with Gasteiger partial charge in [-0.1, -0.05) is 29.8 Å². The number of rotatable bonds is 2. The van der Waals surface area contributed by atoms with Crippen molar-refractivity contribution in [2.75, 3.05) is 0 Å². The van der Waals surface area contributed by atoms with Crippen LogP contribution in [0, 0.1) is 27.7 Å². The zero-order chi connectivity index (χ0) is 14.2. The highest BCUT2D eigenvalue weighted by atomic mass is 32.2. The molecular formula is C16H18O2S. The average Bonchev–Trinajstić information content (AvgIpc) is 2.31. The van der Waals surface area contributed by atoms with Crippen LogP contribution >= 0.6 is 0 Å². The molecule has 0 bridgehead atoms. The molecular weight excluding hydrogens is 256 g/mol. The van der Waals surface area contributed by atoms with Crippen molar-refractivity contribution in [1.82, 2.24) is 0 Å². The largest absolute Gasteiger partial charge is 0.218 e. The summed E-state index contributed by atoms with van der Waals surface area (Å²) in [7, 11) is -3.44. The van der Waals surface area contributed by atoms with Crippen LogP contribution in [0.25, 0.3) is 0 Å². The van der Waals surface area contributed by atoms with Gasteiger partial charge >= 0.3 is 0 Å². The van der Waals surface area contributed by atoms with E-state index in [0.29, 0.717) is 9.79 Å². The first kappa shape index (κ1) is 13.8. The van der Waals surface area contributed by atoms with Gasteiger partial charge in [-0.15, -0.1) is 0 Å². The highest BCUT2D eigenvalue weighted by Crippen LogP contribution is 2.28. The second-order valence-electron chi connectivity index (χ2n) is 4.97. The number of benzene rings is 2. The molecule has 3 heteroatoms. The van der Waals surface area contributed by atoms with Crippen molar-refractivity contribution in [2.24, 2.45) is 0 Å². The highest BCUT2D eigenvalue weighted by molar-refractivity contribution is 7.91. The van der Waals surface area contributed by atoms with Crippen molar-refractivity contribution in [3.8, 4) is 0 Å². The molecule has 2 aromatic carbocycles. The van der Waals surface area contributed by atoms with E-state index in [4.69, 9.17) is 0 Å². The van der Waals surface area contributed by atoms with Crippen LogP contribution in [-0.4, -0.2) is 8.42 Å². The van der Waals surface area contributed by atoms with Crippen LogP contribution in [0.3, 0.4) is 0 Å². The summed E-state index contributed by atoms with van der Waals surface area (Å²) in [5.74, 6) is 0. The third-order valence-corrected chi connectivity index (χ3v) is 5.52. The van der Waals surface area contributed by atoms with Crippen LogP contribution < -0.4 is 0 Å². The Hall–Kier alpha value is -1.61. The Bertz CT molecular complexity index is 728. The van der Waals surface area contributed by atoms with Crippen LogP contribution in [0.1, 0.15) is 22.3 Å². The number of hydrogen-bond acceptors (Lipinski definition) is 2. The van der Waals surface area contributed by atoms with E-state index < -0.39 is 9.84 Å². The smallest absolute Gasteiger partial charge is 0.207 e. The lowest BCUT2D eigenvalue weighted by atomic mass is 10.1. The summed E-state index contributed by atoms with van der Waals surface area (Å²) in [5.41, 5.74) is 3.67. The van der Waals surface area contributed by atoms with Crippen molar-refractivity contribution >= 4 is 9.84 Å². The third kappa shape index (κ3) is 2.43. The Labute approximate surface area is 115 Å². The quantitative estimate of drug-likeness (QED) is 0.835. The molecule has 2 rings (SSSR count). The van der Waals surface area contributed by atoms with Crippen molar-refractivity contribution in [3.05, 3.63) is 58.7 Å². The fourth-order valence-electron chi connectivity index (χ4n) is 2.23. The van der Waals surface area contributed by atoms with E-state index in [1.807, 2.05) is 45.9 Å². The van der Waals surface area contributed by atoms with Crippen LogP contribution in [-0.2, 0) is 9.84 Å². The van der Waals surface area contributed by atoms with E-state index in [1.165, 1.54) is 0 Å². The van der Waals surface area contributed by atoms with E-state index in [0.717, 1.165) is 22.3 Å². The van der Waals surface area contributed by atoms with Gasteiger partial charge < -0.3 is 0 Å². The molecule has 0 aromatic heterocycles. The maximum absolute atomic E-state index is 12.7. The van der Waals surface area contributed by atoms with Gasteiger partial charge in [-0.25, -0.2) is 8.42 Å². The standard InChI is InChI=1S/C16H18O2S/c1-11-8-9-15(13(3)10-11)19(17,18)16-7-5-6-12(2)14(16)4/h5-10H,1-4H3. The zero-order valence-electron chi connectivity index (χ0n) is 11.7. The number of aryl methyl sites for hydroxylation is 3. The molecule has 19 heavy (non-hydrogen) atoms. The lowest BCUT2D eigenvalue weighted by Gasteiger charge is -2.12. The van der Waals surface area contributed by atoms with Gasteiger partial charge in [0.05, 0.1) is 9.79 Å². The molecule has 0 N–H and O–H groups in total. The summed E-state index contributed by atoms with van der Waals surface area (Å²) in [6.45, 7) is 7.58. The molecule has 0 radical (unpaired) electrons. The maximum atomic E-state index is 12.7. The Morgan fingerprint density at radius 3 is 2.11 bits per heavy atom. The number of hydrogen-bond donors (Lipinski definition) is 0. The first-order valence-electron chi connectivity index (χ1n) is 6.22. The normalized spacial score (nSPS) is 11.6. The van der Waals surface area contributed by atoms with E-state index in [1.54, 1.807) is 18.2 Å². The summed E-state index contributed by atoms with van der Waals surface area (Å²) in [6, 6.07) is 10.8. The van der Waals surface area contributed by atoms with E-state index >= 15 is 0 Å². The molecule has 0 heterocycles. The van der Waals surface area contributed by atoms with Gasteiger partial charge in [0.2, 0.25) is 9.84 Å². The fourth-order valence-corrected chi connectivity index (χ4v) is 4.02. The predicted octanol–water partition coefficient (Wildman–Crippen LogP) is 3.75. The SMILES string of the molecule is Cc1ccc(S(=O)(=O)c2cccc(C)c2C)c(C)c1. The molecule has 0 aliphatic carbocycles. The minimum Gasteiger partial charge on any atom is -0.218 e. The van der Waals surface area contributed by atoms with Crippen molar-refractivity contribution in [2.45, 2.75) is 37.5 Å². The summed E-state index contributed by atoms with van der Waals surface area (Å²) in [5, 5.41) is 0. The summed E-state index contributed by atoms with van der Waals surface area (Å²) in [6.07, 6.45) is 0. The van der Waals surface area contributed by atoms with Gasteiger partial charge in [0.15, 0.2) is 0 Å². The molecule has 100 valence electrons. The molecule has 0 saturated carbocycles. The van der Waals surface area contributed by atoms with Crippen LogP contribution in [0.5, 0.6) is 0 Å². The van der Waals surface area contributed by atoms with Gasteiger partial charge in [0.1, 0.15) is 0 Å². The lowest BCUT2D eigenvalue weighted by molar-refractivity contribution is 0.594. The molecule has 2 nitrogen and oxygen atoms in total. The Kier molecular flexibility index (Phi) is 3.50. The molecule has 0 spiro atoms.